The zero-order chi connectivity index (χ0) is 20.8. The van der Waals surface area contributed by atoms with Crippen LogP contribution in [0.4, 0.5) is 0 Å². The number of piperidine rings is 1. The number of hydrogen-bond acceptors (Lipinski definition) is 5. The second kappa shape index (κ2) is 9.97. The average molecular weight is 426 g/mol. The summed E-state index contributed by atoms with van der Waals surface area (Å²) in [4.78, 5) is 6.84. The third kappa shape index (κ3) is 5.75. The zero-order valence-corrected chi connectivity index (χ0v) is 17.7. The van der Waals surface area contributed by atoms with E-state index in [1.54, 1.807) is 6.20 Å². The van der Waals surface area contributed by atoms with Gasteiger partial charge in [0.2, 0.25) is 10.9 Å². The summed E-state index contributed by atoms with van der Waals surface area (Å²) in [6.07, 6.45) is 8.08. The molecule has 1 aromatic carbocycles. The largest absolute Gasteiger partial charge is 0.299 e. The molecule has 7 nitrogen and oxygen atoms in total. The van der Waals surface area contributed by atoms with Gasteiger partial charge in [-0.15, -0.1) is 0 Å². The summed E-state index contributed by atoms with van der Waals surface area (Å²) in [5.41, 5.74) is 4.55. The highest BCUT2D eigenvalue weighted by atomic mass is 32.2. The molecule has 8 heteroatoms. The molecule has 158 valence electrons. The van der Waals surface area contributed by atoms with Crippen molar-refractivity contribution in [2.45, 2.75) is 38.4 Å². The molecule has 3 aromatic rings. The van der Waals surface area contributed by atoms with Gasteiger partial charge in [0, 0.05) is 31.0 Å². The fraction of sp³-hybridized carbons (Fsp3) is 0.364. The summed E-state index contributed by atoms with van der Waals surface area (Å²) >= 11 is 0. The quantitative estimate of drug-likeness (QED) is 0.542. The number of pyridine rings is 1. The van der Waals surface area contributed by atoms with Gasteiger partial charge < -0.3 is 0 Å². The molecule has 3 heterocycles. The monoisotopic (exact) mass is 425 g/mol. The van der Waals surface area contributed by atoms with Crippen molar-refractivity contribution in [1.82, 2.24) is 24.4 Å². The predicted octanol–water partition coefficient (Wildman–Crippen LogP) is 2.32. The summed E-state index contributed by atoms with van der Waals surface area (Å²) in [5, 5.41) is 4.48. The van der Waals surface area contributed by atoms with Crippen LogP contribution in [0.3, 0.4) is 0 Å². The summed E-state index contributed by atoms with van der Waals surface area (Å²) in [6, 6.07) is 14.2. The Morgan fingerprint density at radius 1 is 1.03 bits per heavy atom. The van der Waals surface area contributed by atoms with Crippen molar-refractivity contribution in [3.05, 3.63) is 83.4 Å². The highest BCUT2D eigenvalue weighted by Gasteiger charge is 2.21. The molecule has 0 atom stereocenters. The predicted molar refractivity (Wildman–Crippen MR) is 116 cm³/mol. The van der Waals surface area contributed by atoms with E-state index in [2.05, 4.69) is 38.0 Å². The molecule has 30 heavy (non-hydrogen) atoms. The Hall–Kier alpha value is -2.55. The van der Waals surface area contributed by atoms with E-state index in [0.717, 1.165) is 43.7 Å². The molecule has 1 N–H and O–H groups in total. The molecule has 0 saturated carbocycles. The van der Waals surface area contributed by atoms with Crippen molar-refractivity contribution in [3.8, 4) is 0 Å². The van der Waals surface area contributed by atoms with Crippen molar-refractivity contribution in [2.24, 2.45) is 0 Å². The van der Waals surface area contributed by atoms with Gasteiger partial charge in [0.1, 0.15) is 0 Å². The SMILES string of the molecule is O=[SH](=O)NCc1cccc(C2CCN(Cc3cnn(Cc4ccccn4)c3)CC2)c1. The van der Waals surface area contributed by atoms with Crippen LogP contribution in [0.5, 0.6) is 0 Å². The van der Waals surface area contributed by atoms with E-state index < -0.39 is 10.9 Å². The van der Waals surface area contributed by atoms with Crippen LogP contribution in [-0.2, 0) is 30.5 Å². The molecule has 1 fully saturated rings. The minimum atomic E-state index is -2.56. The highest BCUT2D eigenvalue weighted by Crippen LogP contribution is 2.29. The molecule has 0 bridgehead atoms. The number of rotatable bonds is 8. The van der Waals surface area contributed by atoms with Gasteiger partial charge in [-0.05, 0) is 55.1 Å². The van der Waals surface area contributed by atoms with Crippen molar-refractivity contribution in [2.75, 3.05) is 13.1 Å². The van der Waals surface area contributed by atoms with Crippen LogP contribution in [0.2, 0.25) is 0 Å². The fourth-order valence-corrected chi connectivity index (χ4v) is 4.34. The van der Waals surface area contributed by atoms with Crippen LogP contribution in [0.25, 0.3) is 0 Å². The van der Waals surface area contributed by atoms with E-state index in [4.69, 9.17) is 0 Å². The van der Waals surface area contributed by atoms with Crippen LogP contribution in [-0.4, -0.2) is 41.2 Å². The Kier molecular flexibility index (Phi) is 6.88. The molecule has 0 amide bonds. The number of nitrogens with zero attached hydrogens (tertiary/aromatic N) is 4. The molecule has 0 spiro atoms. The molecular weight excluding hydrogens is 398 g/mol. The third-order valence-corrected chi connectivity index (χ3v) is 5.98. The van der Waals surface area contributed by atoms with E-state index in [0.29, 0.717) is 19.0 Å². The van der Waals surface area contributed by atoms with Crippen molar-refractivity contribution < 1.29 is 8.42 Å². The number of nitrogens with one attached hydrogen (secondary N) is 1. The Bertz CT molecular complexity index is 1020. The molecule has 4 rings (SSSR count). The lowest BCUT2D eigenvalue weighted by molar-refractivity contribution is 0.204. The minimum absolute atomic E-state index is 0.355. The number of likely N-dealkylation sites (tertiary alicyclic amines) is 1. The standard InChI is InChI=1S/C22H27N5O2S/c28-30(29)25-14-18-4-3-5-21(12-18)20-7-10-26(11-8-20)15-19-13-24-27(16-19)17-22-6-1-2-9-23-22/h1-6,9,12-13,16,20,30H,7-8,10-11,14-15,17H2,(H,25,28,29). The Balaban J connectivity index is 1.28. The first-order valence-corrected chi connectivity index (χ1v) is 11.4. The zero-order valence-electron chi connectivity index (χ0n) is 16.9. The third-order valence-electron chi connectivity index (χ3n) is 5.57. The second-order valence-electron chi connectivity index (χ2n) is 7.75. The number of aromatic nitrogens is 3. The maximum atomic E-state index is 10.7. The second-order valence-corrected chi connectivity index (χ2v) is 8.59. The maximum absolute atomic E-state index is 10.7. The van der Waals surface area contributed by atoms with E-state index in [1.165, 1.54) is 11.1 Å². The number of benzene rings is 1. The molecule has 1 saturated heterocycles. The lowest BCUT2D eigenvalue weighted by Crippen LogP contribution is -2.32. The summed E-state index contributed by atoms with van der Waals surface area (Å²) in [7, 11) is -2.56. The fourth-order valence-electron chi connectivity index (χ4n) is 4.03. The van der Waals surface area contributed by atoms with E-state index in [1.807, 2.05) is 41.2 Å². The van der Waals surface area contributed by atoms with Gasteiger partial charge in [-0.1, -0.05) is 30.3 Å². The Morgan fingerprint density at radius 2 is 1.90 bits per heavy atom. The van der Waals surface area contributed by atoms with Crippen molar-refractivity contribution >= 4 is 10.9 Å². The van der Waals surface area contributed by atoms with Gasteiger partial charge >= 0.3 is 0 Å². The summed E-state index contributed by atoms with van der Waals surface area (Å²) in [5.74, 6) is 0.522. The van der Waals surface area contributed by atoms with Gasteiger partial charge in [0.15, 0.2) is 0 Å². The lowest BCUT2D eigenvalue weighted by Gasteiger charge is -2.32. The van der Waals surface area contributed by atoms with Crippen LogP contribution in [0.1, 0.15) is 41.1 Å². The Labute approximate surface area is 178 Å². The van der Waals surface area contributed by atoms with E-state index >= 15 is 0 Å². The average Bonchev–Trinajstić information content (AvgIpc) is 3.20. The van der Waals surface area contributed by atoms with E-state index in [9.17, 15) is 8.42 Å². The lowest BCUT2D eigenvalue weighted by atomic mass is 9.88. The van der Waals surface area contributed by atoms with Crippen LogP contribution in [0, 0.1) is 0 Å². The minimum Gasteiger partial charge on any atom is -0.299 e. The normalized spacial score (nSPS) is 15.6. The van der Waals surface area contributed by atoms with Gasteiger partial charge in [0.25, 0.3) is 0 Å². The smallest absolute Gasteiger partial charge is 0.201 e. The van der Waals surface area contributed by atoms with Crippen LogP contribution < -0.4 is 4.72 Å². The van der Waals surface area contributed by atoms with Crippen LogP contribution in [0.15, 0.2) is 61.1 Å². The van der Waals surface area contributed by atoms with Gasteiger partial charge in [-0.2, -0.15) is 5.10 Å². The molecule has 0 radical (unpaired) electrons. The molecule has 0 aliphatic carbocycles. The van der Waals surface area contributed by atoms with Crippen molar-refractivity contribution in [3.63, 3.8) is 0 Å². The number of thiol groups is 1. The molecular formula is C22H27N5O2S. The summed E-state index contributed by atoms with van der Waals surface area (Å²) < 4.78 is 25.9. The van der Waals surface area contributed by atoms with Crippen molar-refractivity contribution in [1.29, 1.82) is 0 Å². The first-order chi connectivity index (χ1) is 14.7. The molecule has 1 aliphatic rings. The Morgan fingerprint density at radius 3 is 2.67 bits per heavy atom. The van der Waals surface area contributed by atoms with Gasteiger partial charge in [-0.3, -0.25) is 14.6 Å². The summed E-state index contributed by atoms with van der Waals surface area (Å²) in [6.45, 7) is 4.05. The first-order valence-electron chi connectivity index (χ1n) is 10.3. The first kappa shape index (κ1) is 20.7. The van der Waals surface area contributed by atoms with E-state index in [-0.39, 0.29) is 0 Å². The maximum Gasteiger partial charge on any atom is 0.201 e. The molecule has 0 unspecified atom stereocenters. The van der Waals surface area contributed by atoms with Gasteiger partial charge in [-0.25, -0.2) is 13.1 Å². The van der Waals surface area contributed by atoms with Crippen LogP contribution >= 0.6 is 0 Å². The molecule has 1 aliphatic heterocycles. The highest BCUT2D eigenvalue weighted by molar-refractivity contribution is 7.70. The topological polar surface area (TPSA) is 80.1 Å². The molecule has 2 aromatic heterocycles. The number of hydrogen-bond donors (Lipinski definition) is 2. The van der Waals surface area contributed by atoms with Gasteiger partial charge in [0.05, 0.1) is 18.4 Å².